The first kappa shape index (κ1) is 30.3. The van der Waals surface area contributed by atoms with Crippen molar-refractivity contribution in [2.45, 2.75) is 57.5 Å². The summed E-state index contributed by atoms with van der Waals surface area (Å²) in [4.78, 5) is 50.2. The van der Waals surface area contributed by atoms with E-state index < -0.39 is 28.0 Å². The summed E-state index contributed by atoms with van der Waals surface area (Å²) < 4.78 is 27.8. The molecule has 3 atom stereocenters. The van der Waals surface area contributed by atoms with E-state index in [-0.39, 0.29) is 42.2 Å². The van der Waals surface area contributed by atoms with Gasteiger partial charge in [-0.2, -0.15) is 4.31 Å². The number of nitrogens with zero attached hydrogens (tertiary/aromatic N) is 5. The first-order valence-electron chi connectivity index (χ1n) is 14.9. The maximum atomic E-state index is 13.9. The standard InChI is InChI=1S/C31H41N5O5S/c1-23(2)17-26(18-29(38)34-15-13-33(14-16-34)20-24-7-4-3-5-8-24)31(39)35-12-10-27-30(35)28(37)21-36(27)42(40,41)22-25-9-6-11-32-19-25/h3-9,11,19,23,26-27,30H,10,12-18,20-22H2,1-2H3. The van der Waals surface area contributed by atoms with Crippen molar-refractivity contribution in [2.75, 3.05) is 39.3 Å². The highest BCUT2D eigenvalue weighted by molar-refractivity contribution is 7.88. The zero-order valence-corrected chi connectivity index (χ0v) is 25.3. The van der Waals surface area contributed by atoms with E-state index in [0.29, 0.717) is 38.0 Å². The number of fused-ring (bicyclic) bond motifs is 1. The fourth-order valence-corrected chi connectivity index (χ4v) is 8.29. The molecule has 2 aromatic rings. The fraction of sp³-hybridized carbons (Fsp3) is 0.548. The van der Waals surface area contributed by atoms with Crippen LogP contribution in [0.25, 0.3) is 0 Å². The molecule has 0 bridgehead atoms. The maximum absolute atomic E-state index is 13.9. The van der Waals surface area contributed by atoms with Crippen LogP contribution in [-0.2, 0) is 36.7 Å². The zero-order chi connectivity index (χ0) is 29.9. The number of Topliss-reactive ketones (excluding diaryl/α,β-unsaturated/α-hetero) is 1. The fourth-order valence-electron chi connectivity index (χ4n) is 6.57. The molecule has 42 heavy (non-hydrogen) atoms. The first-order valence-corrected chi connectivity index (χ1v) is 16.5. The van der Waals surface area contributed by atoms with Gasteiger partial charge in [0.05, 0.1) is 18.3 Å². The summed E-state index contributed by atoms with van der Waals surface area (Å²) in [6, 6.07) is 12.3. The largest absolute Gasteiger partial charge is 0.340 e. The minimum Gasteiger partial charge on any atom is -0.340 e. The first-order chi connectivity index (χ1) is 20.1. The number of aromatic nitrogens is 1. The van der Waals surface area contributed by atoms with Gasteiger partial charge in [0.15, 0.2) is 5.78 Å². The van der Waals surface area contributed by atoms with E-state index >= 15 is 0 Å². The number of hydrogen-bond donors (Lipinski definition) is 0. The Morgan fingerprint density at radius 2 is 1.69 bits per heavy atom. The smallest absolute Gasteiger partial charge is 0.226 e. The number of piperazine rings is 1. The molecule has 0 saturated carbocycles. The van der Waals surface area contributed by atoms with Gasteiger partial charge in [0.25, 0.3) is 0 Å². The normalized spacial score (nSPS) is 22.5. The van der Waals surface area contributed by atoms with Gasteiger partial charge >= 0.3 is 0 Å². The Hall–Kier alpha value is -3.15. The molecule has 2 amide bonds. The molecule has 3 aliphatic rings. The predicted octanol–water partition coefficient (Wildman–Crippen LogP) is 2.16. The Bertz CT molecular complexity index is 1360. The van der Waals surface area contributed by atoms with E-state index in [1.165, 1.54) is 16.1 Å². The van der Waals surface area contributed by atoms with Crippen molar-refractivity contribution in [3.63, 3.8) is 0 Å². The molecule has 0 N–H and O–H groups in total. The number of hydrogen-bond acceptors (Lipinski definition) is 7. The van der Waals surface area contributed by atoms with E-state index in [4.69, 9.17) is 0 Å². The molecule has 4 heterocycles. The Morgan fingerprint density at radius 1 is 0.976 bits per heavy atom. The summed E-state index contributed by atoms with van der Waals surface area (Å²) in [7, 11) is -3.78. The molecular formula is C31H41N5O5S. The molecule has 3 saturated heterocycles. The molecule has 0 radical (unpaired) electrons. The zero-order valence-electron chi connectivity index (χ0n) is 24.5. The number of benzene rings is 1. The van der Waals surface area contributed by atoms with Crippen LogP contribution in [-0.4, -0.2) is 101 Å². The van der Waals surface area contributed by atoms with E-state index in [0.717, 1.165) is 19.6 Å². The van der Waals surface area contributed by atoms with Crippen LogP contribution >= 0.6 is 0 Å². The van der Waals surface area contributed by atoms with Crippen molar-refractivity contribution in [1.29, 1.82) is 0 Å². The highest BCUT2D eigenvalue weighted by atomic mass is 32.2. The lowest BCUT2D eigenvalue weighted by atomic mass is 9.91. The lowest BCUT2D eigenvalue weighted by Gasteiger charge is -2.36. The Kier molecular flexibility index (Phi) is 9.39. The van der Waals surface area contributed by atoms with Gasteiger partial charge in [-0.1, -0.05) is 50.2 Å². The second-order valence-electron chi connectivity index (χ2n) is 12.1. The quantitative estimate of drug-likeness (QED) is 0.414. The SMILES string of the molecule is CC(C)CC(CC(=O)N1CCN(Cc2ccccc2)CC1)C(=O)N1CCC2C1C(=O)CN2S(=O)(=O)Cc1cccnc1. The number of ketones is 1. The van der Waals surface area contributed by atoms with Crippen molar-refractivity contribution in [3.8, 4) is 0 Å². The molecule has 3 unspecified atom stereocenters. The molecular weight excluding hydrogens is 554 g/mol. The van der Waals surface area contributed by atoms with E-state index in [2.05, 4.69) is 22.0 Å². The molecule has 3 fully saturated rings. The van der Waals surface area contributed by atoms with E-state index in [1.54, 1.807) is 23.2 Å². The molecule has 0 aliphatic carbocycles. The summed E-state index contributed by atoms with van der Waals surface area (Å²) in [5, 5.41) is 0. The van der Waals surface area contributed by atoms with Gasteiger partial charge in [0.1, 0.15) is 6.04 Å². The number of sulfonamides is 1. The third-order valence-corrected chi connectivity index (χ3v) is 10.4. The summed E-state index contributed by atoms with van der Waals surface area (Å²) in [5.74, 6) is -1.12. The number of likely N-dealkylation sites (tertiary alicyclic amines) is 1. The van der Waals surface area contributed by atoms with Crippen LogP contribution in [0.15, 0.2) is 54.9 Å². The van der Waals surface area contributed by atoms with E-state index in [1.807, 2.05) is 36.9 Å². The summed E-state index contributed by atoms with van der Waals surface area (Å²) in [5.41, 5.74) is 1.80. The van der Waals surface area contributed by atoms with Crippen LogP contribution < -0.4 is 0 Å². The number of carbonyl (C=O) groups is 3. The van der Waals surface area contributed by atoms with Crippen LogP contribution in [0.5, 0.6) is 0 Å². The molecule has 0 spiro atoms. The van der Waals surface area contributed by atoms with Gasteiger partial charge in [0, 0.05) is 64.0 Å². The molecule has 5 rings (SSSR count). The van der Waals surface area contributed by atoms with Gasteiger partial charge in [0.2, 0.25) is 21.8 Å². The Labute approximate surface area is 248 Å². The molecule has 10 nitrogen and oxygen atoms in total. The second kappa shape index (κ2) is 13.0. The minimum absolute atomic E-state index is 0.0393. The number of rotatable bonds is 10. The average molecular weight is 596 g/mol. The average Bonchev–Trinajstić information content (AvgIpc) is 3.55. The highest BCUT2D eigenvalue weighted by Gasteiger charge is 2.54. The third-order valence-electron chi connectivity index (χ3n) is 8.59. The molecule has 1 aromatic heterocycles. The van der Waals surface area contributed by atoms with Gasteiger partial charge < -0.3 is 9.80 Å². The van der Waals surface area contributed by atoms with Crippen molar-refractivity contribution in [3.05, 3.63) is 66.0 Å². The van der Waals surface area contributed by atoms with Gasteiger partial charge in [-0.05, 0) is 36.0 Å². The van der Waals surface area contributed by atoms with Crippen LogP contribution in [0.1, 0.15) is 44.2 Å². The van der Waals surface area contributed by atoms with Crippen molar-refractivity contribution in [2.24, 2.45) is 11.8 Å². The van der Waals surface area contributed by atoms with Crippen molar-refractivity contribution >= 4 is 27.6 Å². The van der Waals surface area contributed by atoms with Crippen molar-refractivity contribution < 1.29 is 22.8 Å². The Morgan fingerprint density at radius 3 is 2.36 bits per heavy atom. The topological polar surface area (TPSA) is 111 Å². The molecule has 3 aliphatic heterocycles. The number of carbonyl (C=O) groups excluding carboxylic acids is 3. The molecule has 11 heteroatoms. The number of pyridine rings is 1. The van der Waals surface area contributed by atoms with Gasteiger partial charge in [-0.25, -0.2) is 8.42 Å². The second-order valence-corrected chi connectivity index (χ2v) is 14.1. The van der Waals surface area contributed by atoms with Gasteiger partial charge in [-0.15, -0.1) is 0 Å². The Balaban J connectivity index is 1.21. The predicted molar refractivity (Wildman–Crippen MR) is 158 cm³/mol. The van der Waals surface area contributed by atoms with Crippen LogP contribution in [0, 0.1) is 11.8 Å². The highest BCUT2D eigenvalue weighted by Crippen LogP contribution is 2.35. The third kappa shape index (κ3) is 6.90. The lowest BCUT2D eigenvalue weighted by molar-refractivity contribution is -0.144. The van der Waals surface area contributed by atoms with Crippen LogP contribution in [0.2, 0.25) is 0 Å². The van der Waals surface area contributed by atoms with Crippen molar-refractivity contribution in [1.82, 2.24) is 24.0 Å². The van der Waals surface area contributed by atoms with Gasteiger partial charge in [-0.3, -0.25) is 24.3 Å². The summed E-state index contributed by atoms with van der Waals surface area (Å²) >= 11 is 0. The van der Waals surface area contributed by atoms with E-state index in [9.17, 15) is 22.8 Å². The lowest BCUT2D eigenvalue weighted by Crippen LogP contribution is -2.50. The molecule has 226 valence electrons. The minimum atomic E-state index is -3.78. The monoisotopic (exact) mass is 595 g/mol. The number of amides is 2. The summed E-state index contributed by atoms with van der Waals surface area (Å²) in [6.45, 7) is 7.74. The summed E-state index contributed by atoms with van der Waals surface area (Å²) in [6.07, 6.45) is 4.12. The maximum Gasteiger partial charge on any atom is 0.226 e. The van der Waals surface area contributed by atoms with Crippen LogP contribution in [0.4, 0.5) is 0 Å². The van der Waals surface area contributed by atoms with Crippen LogP contribution in [0.3, 0.4) is 0 Å². The molecule has 1 aromatic carbocycles.